The summed E-state index contributed by atoms with van der Waals surface area (Å²) in [7, 11) is 1.60. The second kappa shape index (κ2) is 9.21. The second-order valence-electron chi connectivity index (χ2n) is 6.66. The number of hydrogen-bond acceptors (Lipinski definition) is 3. The average molecular weight is 406 g/mol. The minimum Gasteiger partial charge on any atom is -0.497 e. The van der Waals surface area contributed by atoms with Crippen molar-refractivity contribution in [2.24, 2.45) is 0 Å². The number of nitrogens with one attached hydrogen (secondary N) is 3. The first kappa shape index (κ1) is 20.4. The Kier molecular flexibility index (Phi) is 6.46. The van der Waals surface area contributed by atoms with Gasteiger partial charge in [0.15, 0.2) is 5.11 Å². The van der Waals surface area contributed by atoms with Gasteiger partial charge in [-0.1, -0.05) is 12.1 Å². The average Bonchev–Trinajstić information content (AvgIpc) is 2.72. The van der Waals surface area contributed by atoms with Gasteiger partial charge in [0.2, 0.25) is 0 Å². The van der Waals surface area contributed by atoms with Gasteiger partial charge in [-0.3, -0.25) is 4.79 Å². The number of aryl methyl sites for hydroxylation is 2. The van der Waals surface area contributed by atoms with Gasteiger partial charge in [0.1, 0.15) is 5.75 Å². The molecule has 1 amide bonds. The number of ether oxygens (including phenoxy) is 1. The Morgan fingerprint density at radius 1 is 0.828 bits per heavy atom. The van der Waals surface area contributed by atoms with Crippen LogP contribution in [0.3, 0.4) is 0 Å². The molecule has 0 fully saturated rings. The lowest BCUT2D eigenvalue weighted by atomic mass is 10.1. The fourth-order valence-electron chi connectivity index (χ4n) is 2.74. The standard InChI is InChI=1S/C23H23N3O2S/c1-15-4-5-16(2)21(14-15)26-23(29)25-19-8-6-17(7-9-19)22(27)24-18-10-12-20(28-3)13-11-18/h4-14H,1-3H3,(H,24,27)(H2,25,26,29). The van der Waals surface area contributed by atoms with Crippen molar-refractivity contribution in [3.05, 3.63) is 83.4 Å². The van der Waals surface area contributed by atoms with Crippen LogP contribution in [0.15, 0.2) is 66.7 Å². The summed E-state index contributed by atoms with van der Waals surface area (Å²) in [5, 5.41) is 9.71. The number of rotatable bonds is 5. The van der Waals surface area contributed by atoms with Crippen LogP contribution in [0.25, 0.3) is 0 Å². The van der Waals surface area contributed by atoms with E-state index in [0.717, 1.165) is 28.3 Å². The molecule has 6 heteroatoms. The highest BCUT2D eigenvalue weighted by Gasteiger charge is 2.07. The molecule has 3 N–H and O–H groups in total. The van der Waals surface area contributed by atoms with Gasteiger partial charge in [-0.25, -0.2) is 0 Å². The molecule has 29 heavy (non-hydrogen) atoms. The van der Waals surface area contributed by atoms with Crippen molar-refractivity contribution in [2.45, 2.75) is 13.8 Å². The van der Waals surface area contributed by atoms with E-state index in [-0.39, 0.29) is 5.91 Å². The molecule has 0 unspecified atom stereocenters. The maximum absolute atomic E-state index is 12.4. The van der Waals surface area contributed by atoms with Gasteiger partial charge in [-0.15, -0.1) is 0 Å². The largest absolute Gasteiger partial charge is 0.497 e. The van der Waals surface area contributed by atoms with Gasteiger partial charge < -0.3 is 20.7 Å². The highest BCUT2D eigenvalue weighted by molar-refractivity contribution is 7.80. The molecule has 3 aromatic rings. The molecular weight excluding hydrogens is 382 g/mol. The highest BCUT2D eigenvalue weighted by atomic mass is 32.1. The predicted molar refractivity (Wildman–Crippen MR) is 123 cm³/mol. The summed E-state index contributed by atoms with van der Waals surface area (Å²) in [6.07, 6.45) is 0. The van der Waals surface area contributed by atoms with E-state index in [1.54, 1.807) is 43.5 Å². The molecule has 0 heterocycles. The Morgan fingerprint density at radius 3 is 2.10 bits per heavy atom. The fourth-order valence-corrected chi connectivity index (χ4v) is 2.97. The molecule has 0 bridgehead atoms. The SMILES string of the molecule is COc1ccc(NC(=O)c2ccc(NC(=S)Nc3cc(C)ccc3C)cc2)cc1. The van der Waals surface area contributed by atoms with Crippen molar-refractivity contribution < 1.29 is 9.53 Å². The zero-order valence-electron chi connectivity index (χ0n) is 16.6. The monoisotopic (exact) mass is 405 g/mol. The lowest BCUT2D eigenvalue weighted by molar-refractivity contribution is 0.102. The van der Waals surface area contributed by atoms with E-state index in [1.807, 2.05) is 26.0 Å². The van der Waals surface area contributed by atoms with Crippen LogP contribution in [0, 0.1) is 13.8 Å². The third kappa shape index (κ3) is 5.56. The van der Waals surface area contributed by atoms with Crippen LogP contribution in [0.5, 0.6) is 5.75 Å². The number of carbonyl (C=O) groups excluding carboxylic acids is 1. The Morgan fingerprint density at radius 2 is 1.45 bits per heavy atom. The topological polar surface area (TPSA) is 62.4 Å². The van der Waals surface area contributed by atoms with Crippen LogP contribution in [0.4, 0.5) is 17.1 Å². The lowest BCUT2D eigenvalue weighted by Gasteiger charge is -2.13. The van der Waals surface area contributed by atoms with Crippen molar-refractivity contribution in [1.82, 2.24) is 0 Å². The molecular formula is C23H23N3O2S. The Labute approximate surface area is 176 Å². The molecule has 5 nitrogen and oxygen atoms in total. The maximum Gasteiger partial charge on any atom is 0.255 e. The minimum absolute atomic E-state index is 0.183. The molecule has 3 aromatic carbocycles. The number of anilines is 3. The van der Waals surface area contributed by atoms with Crippen molar-refractivity contribution in [3.63, 3.8) is 0 Å². The van der Waals surface area contributed by atoms with Crippen LogP contribution < -0.4 is 20.7 Å². The van der Waals surface area contributed by atoms with Crippen LogP contribution >= 0.6 is 12.2 Å². The fraction of sp³-hybridized carbons (Fsp3) is 0.130. The predicted octanol–water partition coefficient (Wildman–Crippen LogP) is 5.37. The van der Waals surface area contributed by atoms with Gasteiger partial charge >= 0.3 is 0 Å². The summed E-state index contributed by atoms with van der Waals surface area (Å²) in [6, 6.07) is 20.5. The van der Waals surface area contributed by atoms with Gasteiger partial charge in [0, 0.05) is 22.6 Å². The summed E-state index contributed by atoms with van der Waals surface area (Å²) in [6.45, 7) is 4.07. The smallest absolute Gasteiger partial charge is 0.255 e. The van der Waals surface area contributed by atoms with Crippen LogP contribution in [0.2, 0.25) is 0 Å². The molecule has 0 saturated carbocycles. The van der Waals surface area contributed by atoms with Crippen LogP contribution in [-0.4, -0.2) is 18.1 Å². The molecule has 0 aromatic heterocycles. The molecule has 0 atom stereocenters. The Bertz CT molecular complexity index is 1020. The molecule has 0 radical (unpaired) electrons. The number of hydrogen-bond donors (Lipinski definition) is 3. The Balaban J connectivity index is 1.59. The first-order valence-corrected chi connectivity index (χ1v) is 9.56. The molecule has 0 saturated heterocycles. The van der Waals surface area contributed by atoms with Crippen molar-refractivity contribution >= 4 is 40.3 Å². The zero-order chi connectivity index (χ0) is 20.8. The second-order valence-corrected chi connectivity index (χ2v) is 7.07. The van der Waals surface area contributed by atoms with E-state index >= 15 is 0 Å². The summed E-state index contributed by atoms with van der Waals surface area (Å²) in [5.41, 5.74) is 5.31. The number of thiocarbonyl (C=S) groups is 1. The first-order valence-electron chi connectivity index (χ1n) is 9.15. The third-order valence-corrected chi connectivity index (χ3v) is 4.60. The molecule has 0 aliphatic carbocycles. The van der Waals surface area contributed by atoms with E-state index in [9.17, 15) is 4.79 Å². The molecule has 0 aliphatic rings. The highest BCUT2D eigenvalue weighted by Crippen LogP contribution is 2.18. The van der Waals surface area contributed by atoms with Crippen LogP contribution in [-0.2, 0) is 0 Å². The Hall–Kier alpha value is -3.38. The van der Waals surface area contributed by atoms with Gasteiger partial charge in [0.05, 0.1) is 7.11 Å². The third-order valence-electron chi connectivity index (χ3n) is 4.39. The van der Waals surface area contributed by atoms with Gasteiger partial charge in [0.25, 0.3) is 5.91 Å². The summed E-state index contributed by atoms with van der Waals surface area (Å²) >= 11 is 5.40. The summed E-state index contributed by atoms with van der Waals surface area (Å²) in [4.78, 5) is 12.4. The zero-order valence-corrected chi connectivity index (χ0v) is 17.4. The van der Waals surface area contributed by atoms with E-state index in [4.69, 9.17) is 17.0 Å². The normalized spacial score (nSPS) is 10.2. The minimum atomic E-state index is -0.183. The number of benzene rings is 3. The van der Waals surface area contributed by atoms with E-state index in [1.165, 1.54) is 0 Å². The lowest BCUT2D eigenvalue weighted by Crippen LogP contribution is -2.20. The number of carbonyl (C=O) groups is 1. The molecule has 0 spiro atoms. The quantitative estimate of drug-likeness (QED) is 0.498. The van der Waals surface area contributed by atoms with Gasteiger partial charge in [-0.05, 0) is 91.8 Å². The van der Waals surface area contributed by atoms with E-state index in [2.05, 4.69) is 34.1 Å². The van der Waals surface area contributed by atoms with Crippen LogP contribution in [0.1, 0.15) is 21.5 Å². The van der Waals surface area contributed by atoms with E-state index in [0.29, 0.717) is 16.4 Å². The molecule has 0 aliphatic heterocycles. The summed E-state index contributed by atoms with van der Waals surface area (Å²) < 4.78 is 5.12. The molecule has 148 valence electrons. The molecule has 3 rings (SSSR count). The first-order chi connectivity index (χ1) is 13.9. The number of amides is 1. The van der Waals surface area contributed by atoms with E-state index < -0.39 is 0 Å². The van der Waals surface area contributed by atoms with Crippen molar-refractivity contribution in [1.29, 1.82) is 0 Å². The maximum atomic E-state index is 12.4. The van der Waals surface area contributed by atoms with Gasteiger partial charge in [-0.2, -0.15) is 0 Å². The summed E-state index contributed by atoms with van der Waals surface area (Å²) in [5.74, 6) is 0.557. The number of methoxy groups -OCH3 is 1. The van der Waals surface area contributed by atoms with Crippen molar-refractivity contribution in [2.75, 3.05) is 23.1 Å². The van der Waals surface area contributed by atoms with Crippen molar-refractivity contribution in [3.8, 4) is 5.75 Å².